The van der Waals surface area contributed by atoms with Gasteiger partial charge in [0.1, 0.15) is 0 Å². The Labute approximate surface area is 176 Å². The highest BCUT2D eigenvalue weighted by atomic mass is 28.4. The molecule has 168 valence electrons. The lowest BCUT2D eigenvalue weighted by Gasteiger charge is -2.57. The van der Waals surface area contributed by atoms with Gasteiger partial charge < -0.3 is 9.16 Å². The van der Waals surface area contributed by atoms with Crippen LogP contribution in [0.5, 0.6) is 0 Å². The standard InChI is InChI=1S/C21H30F3NO4Si/c1-13(2)28-16(26)14-9-11-15(12-10-14)25-17(21(22,23)24)20(6,18(25)27)29-30(7,8)19(3,4)5/h9-13,17H,1-8H3/t17-,20-/m1/s1. The van der Waals surface area contributed by atoms with E-state index in [9.17, 15) is 22.8 Å². The average molecular weight is 446 g/mol. The Bertz CT molecular complexity index is 815. The molecule has 2 rings (SSSR count). The molecule has 1 fully saturated rings. The Morgan fingerprint density at radius 2 is 1.63 bits per heavy atom. The van der Waals surface area contributed by atoms with Gasteiger partial charge in [0.25, 0.3) is 5.91 Å². The lowest BCUT2D eigenvalue weighted by molar-refractivity contribution is -0.212. The number of anilines is 1. The Balaban J connectivity index is 2.36. The van der Waals surface area contributed by atoms with Gasteiger partial charge in [-0.3, -0.25) is 9.69 Å². The van der Waals surface area contributed by atoms with E-state index in [1.165, 1.54) is 31.2 Å². The summed E-state index contributed by atoms with van der Waals surface area (Å²) < 4.78 is 53.1. The lowest BCUT2D eigenvalue weighted by Crippen LogP contribution is -2.80. The van der Waals surface area contributed by atoms with E-state index in [4.69, 9.17) is 9.16 Å². The van der Waals surface area contributed by atoms with Gasteiger partial charge in [0.2, 0.25) is 0 Å². The smallest absolute Gasteiger partial charge is 0.412 e. The third-order valence-electron chi connectivity index (χ3n) is 5.73. The number of halogens is 3. The van der Waals surface area contributed by atoms with Crippen LogP contribution >= 0.6 is 0 Å². The van der Waals surface area contributed by atoms with Gasteiger partial charge in [0.15, 0.2) is 20.0 Å². The third kappa shape index (κ3) is 4.41. The molecule has 1 saturated heterocycles. The number of hydrogen-bond acceptors (Lipinski definition) is 4. The topological polar surface area (TPSA) is 55.8 Å². The molecule has 0 N–H and O–H groups in total. The van der Waals surface area contributed by atoms with E-state index in [1.807, 2.05) is 33.9 Å². The molecule has 1 aliphatic rings. The van der Waals surface area contributed by atoms with Gasteiger partial charge in [-0.25, -0.2) is 4.79 Å². The molecule has 1 amide bonds. The molecule has 2 atom stereocenters. The van der Waals surface area contributed by atoms with Crippen LogP contribution in [-0.4, -0.2) is 44.1 Å². The van der Waals surface area contributed by atoms with Gasteiger partial charge in [0, 0.05) is 5.69 Å². The van der Waals surface area contributed by atoms with Crippen LogP contribution in [0.25, 0.3) is 0 Å². The number of rotatable bonds is 5. The van der Waals surface area contributed by atoms with Crippen molar-refractivity contribution < 1.29 is 31.9 Å². The summed E-state index contributed by atoms with van der Waals surface area (Å²) in [7, 11) is -2.65. The zero-order chi connectivity index (χ0) is 23.3. The number of alkyl halides is 3. The second kappa shape index (κ2) is 7.67. The van der Waals surface area contributed by atoms with Gasteiger partial charge >= 0.3 is 12.1 Å². The largest absolute Gasteiger partial charge is 0.459 e. The lowest BCUT2D eigenvalue weighted by atomic mass is 9.82. The second-order valence-electron chi connectivity index (χ2n) is 9.59. The molecular formula is C21H30F3NO4Si. The Kier molecular flexibility index (Phi) is 6.24. The molecule has 30 heavy (non-hydrogen) atoms. The summed E-state index contributed by atoms with van der Waals surface area (Å²) in [5, 5.41) is -0.356. The first kappa shape index (κ1) is 24.4. The average Bonchev–Trinajstić information content (AvgIpc) is 2.56. The van der Waals surface area contributed by atoms with Crippen LogP contribution in [0.4, 0.5) is 18.9 Å². The molecule has 0 unspecified atom stereocenters. The van der Waals surface area contributed by atoms with Gasteiger partial charge in [0.05, 0.1) is 11.7 Å². The summed E-state index contributed by atoms with van der Waals surface area (Å²) >= 11 is 0. The summed E-state index contributed by atoms with van der Waals surface area (Å²) in [6, 6.07) is 3.23. The van der Waals surface area contributed by atoms with Crippen LogP contribution in [0.1, 0.15) is 51.9 Å². The quantitative estimate of drug-likeness (QED) is 0.350. The summed E-state index contributed by atoms with van der Waals surface area (Å²) in [6.07, 6.45) is -5.00. The third-order valence-corrected chi connectivity index (χ3v) is 10.3. The van der Waals surface area contributed by atoms with Gasteiger partial charge in [-0.05, 0) is 63.2 Å². The molecule has 9 heteroatoms. The molecule has 5 nitrogen and oxygen atoms in total. The predicted molar refractivity (Wildman–Crippen MR) is 111 cm³/mol. The van der Waals surface area contributed by atoms with E-state index in [-0.39, 0.29) is 22.4 Å². The first-order chi connectivity index (χ1) is 13.4. The molecule has 1 aliphatic heterocycles. The molecular weight excluding hydrogens is 415 g/mol. The molecule has 0 saturated carbocycles. The highest BCUT2D eigenvalue weighted by molar-refractivity contribution is 6.74. The van der Waals surface area contributed by atoms with Crippen molar-refractivity contribution in [3.05, 3.63) is 29.8 Å². The van der Waals surface area contributed by atoms with Crippen LogP contribution in [0.15, 0.2) is 24.3 Å². The minimum atomic E-state index is -4.68. The fraction of sp³-hybridized carbons (Fsp3) is 0.619. The number of ether oxygens (including phenoxy) is 1. The molecule has 0 bridgehead atoms. The Morgan fingerprint density at radius 3 is 2.03 bits per heavy atom. The van der Waals surface area contributed by atoms with Gasteiger partial charge in [-0.2, -0.15) is 13.2 Å². The number of β-lactam (4-membered cyclic amide) rings is 1. The number of benzene rings is 1. The monoisotopic (exact) mass is 445 g/mol. The summed E-state index contributed by atoms with van der Waals surface area (Å²) in [4.78, 5) is 25.6. The van der Waals surface area contributed by atoms with Crippen molar-refractivity contribution in [2.75, 3.05) is 4.90 Å². The highest BCUT2D eigenvalue weighted by Crippen LogP contribution is 2.50. The van der Waals surface area contributed by atoms with E-state index in [1.54, 1.807) is 13.8 Å². The van der Waals surface area contributed by atoms with Crippen molar-refractivity contribution in [2.24, 2.45) is 0 Å². The van der Waals surface area contributed by atoms with Gasteiger partial charge in [-0.1, -0.05) is 20.8 Å². The first-order valence-electron chi connectivity index (χ1n) is 9.83. The molecule has 1 aromatic rings. The van der Waals surface area contributed by atoms with Gasteiger partial charge in [-0.15, -0.1) is 0 Å². The van der Waals surface area contributed by atoms with Crippen molar-refractivity contribution in [2.45, 2.75) is 83.6 Å². The number of carbonyl (C=O) groups excluding carboxylic acids is 2. The van der Waals surface area contributed by atoms with Crippen LogP contribution in [0, 0.1) is 0 Å². The maximum absolute atomic E-state index is 14.0. The van der Waals surface area contributed by atoms with E-state index in [2.05, 4.69) is 0 Å². The number of hydrogen-bond donors (Lipinski definition) is 0. The summed E-state index contributed by atoms with van der Waals surface area (Å²) in [5.74, 6) is -1.32. The summed E-state index contributed by atoms with van der Waals surface area (Å²) in [5.41, 5.74) is -1.74. The first-order valence-corrected chi connectivity index (χ1v) is 12.7. The molecule has 0 radical (unpaired) electrons. The molecule has 0 aromatic heterocycles. The predicted octanol–water partition coefficient (Wildman–Crippen LogP) is 5.31. The number of esters is 1. The second-order valence-corrected chi connectivity index (χ2v) is 14.3. The Morgan fingerprint density at radius 1 is 1.13 bits per heavy atom. The Hall–Kier alpha value is -1.87. The SMILES string of the molecule is CC(C)OC(=O)c1ccc(N2C(=O)[C@](C)(O[Si](C)(C)C(C)(C)C)[C@@H]2C(F)(F)F)cc1. The van der Waals surface area contributed by atoms with Crippen molar-refractivity contribution in [3.63, 3.8) is 0 Å². The fourth-order valence-corrected chi connectivity index (χ4v) is 4.77. The van der Waals surface area contributed by atoms with Crippen LogP contribution in [0.2, 0.25) is 18.1 Å². The maximum atomic E-state index is 14.0. The minimum Gasteiger partial charge on any atom is -0.459 e. The van der Waals surface area contributed by atoms with E-state index >= 15 is 0 Å². The molecule has 1 heterocycles. The van der Waals surface area contributed by atoms with E-state index in [0.29, 0.717) is 4.90 Å². The van der Waals surface area contributed by atoms with E-state index < -0.39 is 38.0 Å². The fourth-order valence-electron chi connectivity index (χ4n) is 3.20. The number of carbonyl (C=O) groups is 2. The minimum absolute atomic E-state index is 0.0553. The number of amides is 1. The maximum Gasteiger partial charge on any atom is 0.412 e. The normalized spacial score (nSPS) is 22.9. The van der Waals surface area contributed by atoms with E-state index in [0.717, 1.165) is 0 Å². The summed E-state index contributed by atoms with van der Waals surface area (Å²) in [6.45, 7) is 14.0. The highest BCUT2D eigenvalue weighted by Gasteiger charge is 2.71. The molecule has 1 aromatic carbocycles. The van der Waals surface area contributed by atoms with Crippen LogP contribution in [0.3, 0.4) is 0 Å². The molecule has 0 spiro atoms. The van der Waals surface area contributed by atoms with Crippen molar-refractivity contribution in [1.29, 1.82) is 0 Å². The van der Waals surface area contributed by atoms with Crippen molar-refractivity contribution >= 4 is 25.9 Å². The van der Waals surface area contributed by atoms with Crippen LogP contribution in [-0.2, 0) is 14.0 Å². The van der Waals surface area contributed by atoms with Crippen LogP contribution < -0.4 is 4.90 Å². The van der Waals surface area contributed by atoms with Crippen molar-refractivity contribution in [3.8, 4) is 0 Å². The zero-order valence-corrected chi connectivity index (χ0v) is 19.7. The molecule has 0 aliphatic carbocycles. The van der Waals surface area contributed by atoms with Crippen molar-refractivity contribution in [1.82, 2.24) is 0 Å². The number of nitrogens with zero attached hydrogens (tertiary/aromatic N) is 1. The zero-order valence-electron chi connectivity index (χ0n) is 18.7.